The Bertz CT molecular complexity index is 1710. The second-order valence-electron chi connectivity index (χ2n) is 13.6. The Morgan fingerprint density at radius 1 is 0.816 bits per heavy atom. The van der Waals surface area contributed by atoms with Crippen molar-refractivity contribution in [3.8, 4) is 0 Å². The minimum atomic E-state index is -1.91. The van der Waals surface area contributed by atoms with Crippen molar-refractivity contribution in [1.29, 1.82) is 0 Å². The SMILES string of the molecule is CN1C(CC(=O)N2CCN(C3CC4CCC(C3)N4C)CC2)=C(C(=O)O)C(C)(c2c(Cl)cccc2Cl)C(C(=O)O)=C1CS(=O)c1ccccc1. The van der Waals surface area contributed by atoms with Gasteiger partial charge in [-0.2, -0.15) is 0 Å². The Morgan fingerprint density at radius 2 is 1.37 bits per heavy atom. The van der Waals surface area contributed by atoms with Crippen LogP contribution in [0.2, 0.25) is 10.0 Å². The number of carbonyl (C=O) groups excluding carboxylic acids is 1. The van der Waals surface area contributed by atoms with E-state index >= 15 is 0 Å². The monoisotopic (exact) mass is 728 g/mol. The lowest BCUT2D eigenvalue weighted by atomic mass is 9.66. The highest BCUT2D eigenvalue weighted by Gasteiger charge is 2.52. The molecule has 2 N–H and O–H groups in total. The lowest BCUT2D eigenvalue weighted by molar-refractivity contribution is -0.134. The van der Waals surface area contributed by atoms with Gasteiger partial charge in [0.15, 0.2) is 0 Å². The molecule has 4 unspecified atom stereocenters. The molecular formula is C36H42Cl2N4O6S. The third-order valence-electron chi connectivity index (χ3n) is 11.1. The smallest absolute Gasteiger partial charge is 0.334 e. The van der Waals surface area contributed by atoms with Crippen LogP contribution < -0.4 is 0 Å². The number of aliphatic carboxylic acids is 2. The zero-order valence-corrected chi connectivity index (χ0v) is 30.2. The van der Waals surface area contributed by atoms with E-state index in [1.807, 2.05) is 0 Å². The predicted molar refractivity (Wildman–Crippen MR) is 189 cm³/mol. The Balaban J connectivity index is 1.35. The molecule has 4 aliphatic rings. The lowest BCUT2D eigenvalue weighted by Crippen LogP contribution is -2.56. The number of piperazine rings is 1. The number of halogens is 2. The van der Waals surface area contributed by atoms with Crippen molar-refractivity contribution in [2.45, 2.75) is 67.5 Å². The van der Waals surface area contributed by atoms with E-state index in [1.54, 1.807) is 41.3 Å². The molecule has 3 saturated heterocycles. The summed E-state index contributed by atoms with van der Waals surface area (Å²) < 4.78 is 13.7. The average Bonchev–Trinajstić information content (AvgIpc) is 3.25. The Morgan fingerprint density at radius 3 is 1.92 bits per heavy atom. The first-order chi connectivity index (χ1) is 23.3. The predicted octanol–water partition coefficient (Wildman–Crippen LogP) is 4.84. The molecule has 0 aliphatic carbocycles. The molecule has 4 aliphatic heterocycles. The molecule has 0 saturated carbocycles. The third-order valence-corrected chi connectivity index (χ3v) is 13.1. The number of fused-ring (bicyclic) bond motifs is 2. The Labute approximate surface area is 299 Å². The van der Waals surface area contributed by atoms with Crippen LogP contribution in [0.3, 0.4) is 0 Å². The van der Waals surface area contributed by atoms with Gasteiger partial charge in [0.05, 0.1) is 39.5 Å². The van der Waals surface area contributed by atoms with Crippen LogP contribution in [0.15, 0.2) is 76.0 Å². The summed E-state index contributed by atoms with van der Waals surface area (Å²) in [4.78, 5) is 49.3. The maximum atomic E-state index is 14.1. The minimum Gasteiger partial charge on any atom is -0.478 e. The van der Waals surface area contributed by atoms with E-state index in [4.69, 9.17) is 23.2 Å². The molecule has 2 aromatic rings. The number of amides is 1. The highest BCUT2D eigenvalue weighted by Crippen LogP contribution is 2.51. The number of carbonyl (C=O) groups is 3. The molecule has 4 heterocycles. The zero-order valence-electron chi connectivity index (χ0n) is 27.9. The van der Waals surface area contributed by atoms with Crippen LogP contribution in [-0.2, 0) is 30.6 Å². The average molecular weight is 730 g/mol. The number of carboxylic acid groups (broad SMARTS) is 2. The fourth-order valence-corrected chi connectivity index (χ4v) is 10.5. The first-order valence-corrected chi connectivity index (χ1v) is 18.7. The highest BCUT2D eigenvalue weighted by atomic mass is 35.5. The van der Waals surface area contributed by atoms with Gasteiger partial charge >= 0.3 is 11.9 Å². The number of nitrogens with zero attached hydrogens (tertiary/aromatic N) is 4. The first-order valence-electron chi connectivity index (χ1n) is 16.6. The molecule has 0 radical (unpaired) electrons. The largest absolute Gasteiger partial charge is 0.478 e. The van der Waals surface area contributed by atoms with Gasteiger partial charge in [0.25, 0.3) is 0 Å². The topological polar surface area (TPSA) is 122 Å². The fourth-order valence-electron chi connectivity index (χ4n) is 8.53. The summed E-state index contributed by atoms with van der Waals surface area (Å²) in [6.07, 6.45) is 4.44. The molecule has 4 atom stereocenters. The number of hydrogen-bond donors (Lipinski definition) is 2. The van der Waals surface area contributed by atoms with E-state index < -0.39 is 28.2 Å². The van der Waals surface area contributed by atoms with E-state index in [9.17, 15) is 28.8 Å². The van der Waals surface area contributed by atoms with Crippen molar-refractivity contribution < 1.29 is 28.8 Å². The van der Waals surface area contributed by atoms with Gasteiger partial charge in [-0.3, -0.25) is 13.9 Å². The van der Waals surface area contributed by atoms with E-state index in [2.05, 4.69) is 16.8 Å². The van der Waals surface area contributed by atoms with Crippen LogP contribution in [0.5, 0.6) is 0 Å². The molecule has 13 heteroatoms. The van der Waals surface area contributed by atoms with Gasteiger partial charge in [-0.1, -0.05) is 47.5 Å². The van der Waals surface area contributed by atoms with Gasteiger partial charge in [-0.15, -0.1) is 0 Å². The molecule has 262 valence electrons. The number of hydrogen-bond acceptors (Lipinski definition) is 7. The molecule has 49 heavy (non-hydrogen) atoms. The van der Waals surface area contributed by atoms with Crippen molar-refractivity contribution in [3.05, 3.63) is 86.7 Å². The number of carboxylic acids is 2. The van der Waals surface area contributed by atoms with E-state index in [1.165, 1.54) is 43.8 Å². The van der Waals surface area contributed by atoms with Crippen LogP contribution in [0.4, 0.5) is 0 Å². The van der Waals surface area contributed by atoms with E-state index in [-0.39, 0.29) is 56.2 Å². The molecular weight excluding hydrogens is 687 g/mol. The van der Waals surface area contributed by atoms with Crippen LogP contribution in [0, 0.1) is 0 Å². The highest BCUT2D eigenvalue weighted by molar-refractivity contribution is 7.85. The molecule has 6 rings (SSSR count). The quantitative estimate of drug-likeness (QED) is 0.374. The maximum Gasteiger partial charge on any atom is 0.334 e. The van der Waals surface area contributed by atoms with E-state index in [0.29, 0.717) is 36.1 Å². The summed E-state index contributed by atoms with van der Waals surface area (Å²) in [5.74, 6) is -3.33. The standard InChI is InChI=1S/C36H42Cl2N4O6S/c1-36(31-26(37)10-7-11-27(31)38)32(34(44)45)28(40(3)29(33(36)35(46)47)21-49(48)25-8-5-4-6-9-25)20-30(43)42-16-14-41(15-17-42)24-18-22-12-13-23(19-24)39(22)2/h4-11,22-24H,12-21H2,1-3H3,(H,44,45)(H,46,47). The summed E-state index contributed by atoms with van der Waals surface area (Å²) in [7, 11) is 2.05. The van der Waals surface area contributed by atoms with Gasteiger partial charge in [0.2, 0.25) is 5.91 Å². The third kappa shape index (κ3) is 6.56. The molecule has 10 nitrogen and oxygen atoms in total. The Hall–Kier alpha value is -3.22. The summed E-state index contributed by atoms with van der Waals surface area (Å²) in [5, 5.41) is 21.8. The molecule has 0 aromatic heterocycles. The molecule has 2 bridgehead atoms. The number of rotatable bonds is 9. The molecule has 1 amide bonds. The minimum absolute atomic E-state index is 0.0738. The second-order valence-corrected chi connectivity index (χ2v) is 15.9. The molecule has 2 aromatic carbocycles. The summed E-state index contributed by atoms with van der Waals surface area (Å²) in [6, 6.07) is 15.0. The van der Waals surface area contributed by atoms with Crippen molar-refractivity contribution in [2.24, 2.45) is 0 Å². The molecule has 3 fully saturated rings. The van der Waals surface area contributed by atoms with Gasteiger partial charge in [0.1, 0.15) is 0 Å². The van der Waals surface area contributed by atoms with Gasteiger partial charge < -0.3 is 24.9 Å². The maximum absolute atomic E-state index is 14.1. The van der Waals surface area contributed by atoms with Gasteiger partial charge in [0, 0.05) is 83.3 Å². The van der Waals surface area contributed by atoms with Crippen molar-refractivity contribution in [1.82, 2.24) is 19.6 Å². The number of piperidine rings is 1. The fraction of sp³-hybridized carbons (Fsp3) is 0.472. The number of benzene rings is 2. The zero-order chi connectivity index (χ0) is 35.2. The van der Waals surface area contributed by atoms with Crippen LogP contribution >= 0.6 is 23.2 Å². The van der Waals surface area contributed by atoms with Crippen molar-refractivity contribution in [2.75, 3.05) is 46.0 Å². The lowest BCUT2D eigenvalue weighted by Gasteiger charge is -2.45. The van der Waals surface area contributed by atoms with Crippen molar-refractivity contribution >= 4 is 51.8 Å². The summed E-state index contributed by atoms with van der Waals surface area (Å²) in [5.41, 5.74) is -2.22. The Kier molecular flexibility index (Phi) is 10.3. The van der Waals surface area contributed by atoms with Gasteiger partial charge in [-0.05, 0) is 63.9 Å². The van der Waals surface area contributed by atoms with E-state index in [0.717, 1.165) is 25.9 Å². The summed E-state index contributed by atoms with van der Waals surface area (Å²) in [6.45, 7) is 3.95. The van der Waals surface area contributed by atoms with Crippen LogP contribution in [-0.4, -0.2) is 116 Å². The van der Waals surface area contributed by atoms with Crippen LogP contribution in [0.25, 0.3) is 0 Å². The van der Waals surface area contributed by atoms with Crippen molar-refractivity contribution in [3.63, 3.8) is 0 Å². The normalized spacial score (nSPS) is 27.1. The first kappa shape index (κ1) is 35.6. The second kappa shape index (κ2) is 14.2. The molecule has 0 spiro atoms. The summed E-state index contributed by atoms with van der Waals surface area (Å²) >= 11 is 13.4. The van der Waals surface area contributed by atoms with Crippen LogP contribution in [0.1, 0.15) is 44.6 Å². The van der Waals surface area contributed by atoms with Gasteiger partial charge in [-0.25, -0.2) is 9.59 Å².